The molecule has 1 amide bonds. The second-order valence-corrected chi connectivity index (χ2v) is 12.0. The highest BCUT2D eigenvalue weighted by Gasteiger charge is 2.35. The van der Waals surface area contributed by atoms with Crippen LogP contribution >= 0.6 is 24.0 Å². The van der Waals surface area contributed by atoms with Crippen LogP contribution in [-0.4, -0.2) is 41.6 Å². The number of oxazole rings is 1. The fourth-order valence-electron chi connectivity index (χ4n) is 4.01. The Morgan fingerprint density at radius 3 is 2.46 bits per heavy atom. The number of hydrogen-bond donors (Lipinski definition) is 0. The van der Waals surface area contributed by atoms with Gasteiger partial charge in [0.25, 0.3) is 5.91 Å². The fraction of sp³-hybridized carbons (Fsp3) is 0.240. The molecule has 2 aliphatic heterocycles. The lowest BCUT2D eigenvalue weighted by Crippen LogP contribution is -2.27. The molecule has 0 N–H and O–H groups in total. The molecule has 2 fully saturated rings. The molecule has 180 valence electrons. The van der Waals surface area contributed by atoms with Crippen LogP contribution < -0.4 is 4.90 Å². The zero-order valence-corrected chi connectivity index (χ0v) is 21.5. The average molecular weight is 526 g/mol. The quantitative estimate of drug-likeness (QED) is 0.335. The van der Waals surface area contributed by atoms with Gasteiger partial charge >= 0.3 is 0 Å². The van der Waals surface area contributed by atoms with Gasteiger partial charge in [0, 0.05) is 19.2 Å². The highest BCUT2D eigenvalue weighted by molar-refractivity contribution is 8.26. The van der Waals surface area contributed by atoms with Gasteiger partial charge in [-0.25, -0.2) is 8.42 Å². The van der Waals surface area contributed by atoms with Crippen molar-refractivity contribution in [2.75, 3.05) is 18.0 Å². The van der Waals surface area contributed by atoms with Crippen LogP contribution in [0.3, 0.4) is 0 Å². The summed E-state index contributed by atoms with van der Waals surface area (Å²) in [4.78, 5) is 21.3. The highest BCUT2D eigenvalue weighted by atomic mass is 32.2. The molecule has 0 spiro atoms. The molecule has 0 unspecified atom stereocenters. The zero-order chi connectivity index (χ0) is 24.6. The van der Waals surface area contributed by atoms with Crippen LogP contribution in [0.4, 0.5) is 5.88 Å². The maximum absolute atomic E-state index is 13.5. The molecule has 2 saturated heterocycles. The van der Waals surface area contributed by atoms with E-state index in [-0.39, 0.29) is 27.6 Å². The van der Waals surface area contributed by atoms with Gasteiger partial charge in [0.05, 0.1) is 16.3 Å². The van der Waals surface area contributed by atoms with E-state index in [2.05, 4.69) is 4.98 Å². The number of anilines is 1. The van der Waals surface area contributed by atoms with Gasteiger partial charge in [-0.2, -0.15) is 4.98 Å². The lowest BCUT2D eigenvalue weighted by Gasteiger charge is -2.14. The molecule has 10 heteroatoms. The summed E-state index contributed by atoms with van der Waals surface area (Å²) in [6.07, 6.45) is 3.37. The molecule has 35 heavy (non-hydrogen) atoms. The molecule has 1 aromatic heterocycles. The van der Waals surface area contributed by atoms with Crippen LogP contribution in [0.25, 0.3) is 6.08 Å². The van der Waals surface area contributed by atoms with Crippen molar-refractivity contribution >= 4 is 56.0 Å². The smallest absolute Gasteiger partial charge is 0.266 e. The van der Waals surface area contributed by atoms with E-state index < -0.39 is 9.84 Å². The summed E-state index contributed by atoms with van der Waals surface area (Å²) in [6.45, 7) is 3.63. The molecule has 0 atom stereocenters. The molecule has 5 rings (SSSR count). The van der Waals surface area contributed by atoms with Crippen LogP contribution in [0, 0.1) is 6.92 Å². The van der Waals surface area contributed by atoms with Gasteiger partial charge in [-0.05, 0) is 37.5 Å². The lowest BCUT2D eigenvalue weighted by atomic mass is 10.2. The first kappa shape index (κ1) is 23.8. The Morgan fingerprint density at radius 2 is 1.77 bits per heavy atom. The Hall–Kier alpha value is -2.95. The summed E-state index contributed by atoms with van der Waals surface area (Å²) < 4.78 is 33.3. The van der Waals surface area contributed by atoms with Gasteiger partial charge in [-0.1, -0.05) is 72.0 Å². The molecular weight excluding hydrogens is 502 g/mol. The van der Waals surface area contributed by atoms with Crippen molar-refractivity contribution in [2.45, 2.75) is 36.2 Å². The van der Waals surface area contributed by atoms with E-state index in [4.69, 9.17) is 16.6 Å². The monoisotopic (exact) mass is 525 g/mol. The topological polar surface area (TPSA) is 83.7 Å². The summed E-state index contributed by atoms with van der Waals surface area (Å²) in [7, 11) is -3.92. The first-order valence-corrected chi connectivity index (χ1v) is 13.9. The van der Waals surface area contributed by atoms with Gasteiger partial charge in [-0.15, -0.1) is 0 Å². The number of thioether (sulfide) groups is 1. The minimum absolute atomic E-state index is 0.0674. The van der Waals surface area contributed by atoms with Crippen molar-refractivity contribution in [1.29, 1.82) is 0 Å². The molecule has 7 nitrogen and oxygen atoms in total. The first-order valence-electron chi connectivity index (χ1n) is 11.2. The third-order valence-corrected chi connectivity index (χ3v) is 8.93. The van der Waals surface area contributed by atoms with Crippen LogP contribution in [0.1, 0.15) is 29.9 Å². The van der Waals surface area contributed by atoms with Crippen molar-refractivity contribution in [3.05, 3.63) is 76.5 Å². The van der Waals surface area contributed by atoms with E-state index in [9.17, 15) is 13.2 Å². The number of aryl methyl sites for hydroxylation is 1. The molecule has 3 heterocycles. The van der Waals surface area contributed by atoms with Crippen molar-refractivity contribution in [2.24, 2.45) is 0 Å². The number of nitrogens with zero attached hydrogens (tertiary/aromatic N) is 3. The SMILES string of the molecule is Cc1ccc(S(=O)(=O)c2nc(C=C3SC(=S)N(Cc4ccccc4)C3=O)oc2N2CCCC2)cc1. The van der Waals surface area contributed by atoms with E-state index in [1.807, 2.05) is 42.2 Å². The Bertz CT molecular complexity index is 1410. The van der Waals surface area contributed by atoms with Gasteiger partial charge in [0.2, 0.25) is 26.6 Å². The number of aromatic nitrogens is 1. The fourth-order valence-corrected chi connectivity index (χ4v) is 6.56. The van der Waals surface area contributed by atoms with E-state index in [0.29, 0.717) is 28.9 Å². The standard InChI is InChI=1S/C25H23N3O4S3/c1-17-9-11-19(12-10-17)35(30,31)22-24(27-13-5-6-14-27)32-21(26-22)15-20-23(29)28(25(33)34-20)16-18-7-3-2-4-8-18/h2-4,7-12,15H,5-6,13-14,16H2,1H3. The number of rotatable bonds is 6. The second-order valence-electron chi connectivity index (χ2n) is 8.43. The minimum atomic E-state index is -3.92. The molecule has 0 radical (unpaired) electrons. The number of amides is 1. The normalized spacial score (nSPS) is 17.7. The van der Waals surface area contributed by atoms with Crippen LogP contribution in [0.5, 0.6) is 0 Å². The number of thiocarbonyl (C=S) groups is 1. The number of carbonyl (C=O) groups is 1. The molecule has 0 aliphatic carbocycles. The van der Waals surface area contributed by atoms with Crippen molar-refractivity contribution < 1.29 is 17.6 Å². The molecular formula is C25H23N3O4S3. The summed E-state index contributed by atoms with van der Waals surface area (Å²) in [5.74, 6) is 0.0274. The van der Waals surface area contributed by atoms with Crippen LogP contribution in [0.2, 0.25) is 0 Å². The van der Waals surface area contributed by atoms with Crippen molar-refractivity contribution in [3.63, 3.8) is 0 Å². The number of hydrogen-bond acceptors (Lipinski definition) is 8. The third-order valence-electron chi connectivity index (χ3n) is 5.89. The van der Waals surface area contributed by atoms with E-state index in [0.717, 1.165) is 35.7 Å². The van der Waals surface area contributed by atoms with Gasteiger partial charge < -0.3 is 9.32 Å². The van der Waals surface area contributed by atoms with Crippen LogP contribution in [0.15, 0.2) is 73.8 Å². The Kier molecular flexibility index (Phi) is 6.52. The van der Waals surface area contributed by atoms with Crippen molar-refractivity contribution in [3.8, 4) is 0 Å². The first-order chi connectivity index (χ1) is 16.8. The number of sulfone groups is 1. The second kappa shape index (κ2) is 9.60. The summed E-state index contributed by atoms with van der Waals surface area (Å²) in [6, 6.07) is 16.2. The minimum Gasteiger partial charge on any atom is -0.420 e. The highest BCUT2D eigenvalue weighted by Crippen LogP contribution is 2.37. The zero-order valence-electron chi connectivity index (χ0n) is 19.0. The molecule has 0 bridgehead atoms. The predicted molar refractivity (Wildman–Crippen MR) is 140 cm³/mol. The molecule has 2 aromatic carbocycles. The van der Waals surface area contributed by atoms with E-state index >= 15 is 0 Å². The number of carbonyl (C=O) groups excluding carboxylic acids is 1. The maximum Gasteiger partial charge on any atom is 0.266 e. The summed E-state index contributed by atoms with van der Waals surface area (Å²) in [5, 5.41) is -0.130. The lowest BCUT2D eigenvalue weighted by molar-refractivity contribution is -0.122. The number of benzene rings is 2. The largest absolute Gasteiger partial charge is 0.420 e. The Labute approximate surface area is 213 Å². The van der Waals surface area contributed by atoms with Gasteiger partial charge in [0.15, 0.2) is 0 Å². The van der Waals surface area contributed by atoms with Crippen molar-refractivity contribution in [1.82, 2.24) is 9.88 Å². The predicted octanol–water partition coefficient (Wildman–Crippen LogP) is 4.82. The van der Waals surface area contributed by atoms with Crippen LogP contribution in [-0.2, 0) is 21.2 Å². The maximum atomic E-state index is 13.5. The van der Waals surface area contributed by atoms with Gasteiger partial charge in [-0.3, -0.25) is 9.69 Å². The summed E-state index contributed by atoms with van der Waals surface area (Å²) >= 11 is 6.59. The molecule has 0 saturated carbocycles. The average Bonchev–Trinajstić information content (AvgIpc) is 3.57. The van der Waals surface area contributed by atoms with E-state index in [1.54, 1.807) is 24.3 Å². The third kappa shape index (κ3) is 4.78. The molecule has 2 aliphatic rings. The van der Waals surface area contributed by atoms with Gasteiger partial charge in [0.1, 0.15) is 4.32 Å². The Balaban J connectivity index is 1.49. The van der Waals surface area contributed by atoms with E-state index in [1.165, 1.54) is 11.0 Å². The summed E-state index contributed by atoms with van der Waals surface area (Å²) in [5.41, 5.74) is 1.92. The Morgan fingerprint density at radius 1 is 1.09 bits per heavy atom. The molecule has 3 aromatic rings.